The Bertz CT molecular complexity index is 676. The molecule has 2 aromatic carbocycles. The summed E-state index contributed by atoms with van der Waals surface area (Å²) in [7, 11) is 0. The fourth-order valence-electron chi connectivity index (χ4n) is 1.80. The van der Waals surface area contributed by atoms with E-state index in [1.54, 1.807) is 11.8 Å². The molecule has 0 unspecified atom stereocenters. The number of benzene rings is 2. The van der Waals surface area contributed by atoms with Gasteiger partial charge in [-0.2, -0.15) is 0 Å². The van der Waals surface area contributed by atoms with Gasteiger partial charge >= 0.3 is 0 Å². The Balaban J connectivity index is 1.78. The van der Waals surface area contributed by atoms with Crippen LogP contribution in [0.2, 0.25) is 0 Å². The second kappa shape index (κ2) is 5.00. The van der Waals surface area contributed by atoms with Crippen LogP contribution in [0.15, 0.2) is 52.7 Å². The molecule has 3 aromatic rings. The van der Waals surface area contributed by atoms with Crippen molar-refractivity contribution in [3.8, 4) is 0 Å². The van der Waals surface area contributed by atoms with Crippen molar-refractivity contribution in [2.24, 2.45) is 0 Å². The number of nitrogens with two attached hydrogens (primary N) is 1. The second-order valence-electron chi connectivity index (χ2n) is 3.97. The van der Waals surface area contributed by atoms with Gasteiger partial charge in [0.05, 0.1) is 5.69 Å². The van der Waals surface area contributed by atoms with Gasteiger partial charge < -0.3 is 5.73 Å². The van der Waals surface area contributed by atoms with Gasteiger partial charge in [-0.05, 0) is 22.9 Å². The smallest absolute Gasteiger partial charge is 0.180 e. The van der Waals surface area contributed by atoms with E-state index in [0.717, 1.165) is 11.4 Å². The third kappa shape index (κ3) is 2.49. The predicted octanol–water partition coefficient (Wildman–Crippen LogP) is 4.17. The number of hydrogen-bond acceptors (Lipinski definition) is 4. The minimum atomic E-state index is 0.643. The normalized spacial score (nSPS) is 10.9. The zero-order valence-electron chi connectivity index (χ0n) is 9.67. The molecule has 18 heavy (non-hydrogen) atoms. The third-order valence-corrected chi connectivity index (χ3v) is 4.43. The van der Waals surface area contributed by atoms with E-state index in [-0.39, 0.29) is 0 Å². The summed E-state index contributed by atoms with van der Waals surface area (Å²) < 4.78 is 0. The van der Waals surface area contributed by atoms with Gasteiger partial charge in [-0.1, -0.05) is 30.3 Å². The molecule has 0 saturated carbocycles. The van der Waals surface area contributed by atoms with Crippen molar-refractivity contribution < 1.29 is 0 Å². The topological polar surface area (TPSA) is 38.9 Å². The van der Waals surface area contributed by atoms with E-state index in [1.807, 2.05) is 5.38 Å². The fourth-order valence-corrected chi connectivity index (χ4v) is 3.31. The number of anilines is 1. The number of hydrogen-bond donors (Lipinski definition) is 1. The van der Waals surface area contributed by atoms with Gasteiger partial charge in [0.2, 0.25) is 0 Å². The first-order valence-corrected chi connectivity index (χ1v) is 7.49. The van der Waals surface area contributed by atoms with Crippen LogP contribution >= 0.6 is 23.1 Å². The number of nitrogen functional groups attached to an aromatic ring is 1. The van der Waals surface area contributed by atoms with Gasteiger partial charge in [-0.25, -0.2) is 4.98 Å². The summed E-state index contributed by atoms with van der Waals surface area (Å²) in [6.07, 6.45) is 0. The Morgan fingerprint density at radius 3 is 2.72 bits per heavy atom. The van der Waals surface area contributed by atoms with Crippen molar-refractivity contribution in [3.05, 3.63) is 53.5 Å². The van der Waals surface area contributed by atoms with Crippen LogP contribution in [0.1, 0.15) is 5.69 Å². The minimum Gasteiger partial charge on any atom is -0.375 e. The lowest BCUT2D eigenvalue weighted by molar-refractivity contribution is 1.24. The van der Waals surface area contributed by atoms with E-state index in [9.17, 15) is 0 Å². The Morgan fingerprint density at radius 2 is 1.94 bits per heavy atom. The lowest BCUT2D eigenvalue weighted by Crippen LogP contribution is -1.84. The Labute approximate surface area is 114 Å². The molecule has 0 bridgehead atoms. The molecule has 1 aromatic heterocycles. The number of aromatic nitrogens is 1. The standard InChI is InChI=1S/C14H12N2S2/c15-14-16-12(9-18-14)8-17-13-6-5-10-3-1-2-4-11(10)7-13/h1-7,9H,8H2,(H2,15,16). The van der Waals surface area contributed by atoms with Crippen LogP contribution in [0, 0.1) is 0 Å². The third-order valence-electron chi connectivity index (χ3n) is 2.68. The maximum atomic E-state index is 5.62. The molecule has 3 rings (SSSR count). The van der Waals surface area contributed by atoms with E-state index in [1.165, 1.54) is 27.0 Å². The van der Waals surface area contributed by atoms with Gasteiger partial charge in [-0.15, -0.1) is 23.1 Å². The van der Waals surface area contributed by atoms with Gasteiger partial charge in [-0.3, -0.25) is 0 Å². The summed E-state index contributed by atoms with van der Waals surface area (Å²) in [4.78, 5) is 5.53. The van der Waals surface area contributed by atoms with Crippen molar-refractivity contribution in [3.63, 3.8) is 0 Å². The summed E-state index contributed by atoms with van der Waals surface area (Å²) in [6.45, 7) is 0. The highest BCUT2D eigenvalue weighted by atomic mass is 32.2. The monoisotopic (exact) mass is 272 g/mol. The first kappa shape index (κ1) is 11.6. The van der Waals surface area contributed by atoms with E-state index < -0.39 is 0 Å². The van der Waals surface area contributed by atoms with Crippen LogP contribution in [-0.2, 0) is 5.75 Å². The number of rotatable bonds is 3. The average Bonchev–Trinajstić information content (AvgIpc) is 2.82. The predicted molar refractivity (Wildman–Crippen MR) is 80.0 cm³/mol. The van der Waals surface area contributed by atoms with Crippen LogP contribution in [0.5, 0.6) is 0 Å². The fraction of sp³-hybridized carbons (Fsp3) is 0.0714. The molecule has 2 nitrogen and oxygen atoms in total. The molecule has 2 N–H and O–H groups in total. The molecule has 0 fully saturated rings. The van der Waals surface area contributed by atoms with Crippen LogP contribution < -0.4 is 5.73 Å². The molecule has 0 aliphatic heterocycles. The first-order chi connectivity index (χ1) is 8.81. The maximum Gasteiger partial charge on any atom is 0.180 e. The molecule has 0 atom stereocenters. The zero-order valence-corrected chi connectivity index (χ0v) is 11.3. The highest BCUT2D eigenvalue weighted by Crippen LogP contribution is 2.27. The largest absolute Gasteiger partial charge is 0.375 e. The molecule has 0 amide bonds. The molecule has 90 valence electrons. The number of thioether (sulfide) groups is 1. The molecule has 0 spiro atoms. The SMILES string of the molecule is Nc1nc(CSc2ccc3ccccc3c2)cs1. The van der Waals surface area contributed by atoms with Crippen molar-refractivity contribution in [1.82, 2.24) is 4.98 Å². The number of fused-ring (bicyclic) bond motifs is 1. The van der Waals surface area contributed by atoms with E-state index in [0.29, 0.717) is 5.13 Å². The van der Waals surface area contributed by atoms with E-state index in [4.69, 9.17) is 5.73 Å². The summed E-state index contributed by atoms with van der Waals surface area (Å²) in [5.74, 6) is 0.867. The van der Waals surface area contributed by atoms with Crippen molar-refractivity contribution >= 4 is 39.0 Å². The van der Waals surface area contributed by atoms with Crippen molar-refractivity contribution in [1.29, 1.82) is 0 Å². The average molecular weight is 272 g/mol. The van der Waals surface area contributed by atoms with Crippen molar-refractivity contribution in [2.75, 3.05) is 5.73 Å². The first-order valence-electron chi connectivity index (χ1n) is 5.63. The van der Waals surface area contributed by atoms with Crippen molar-refractivity contribution in [2.45, 2.75) is 10.6 Å². The Morgan fingerprint density at radius 1 is 1.11 bits per heavy atom. The molecule has 0 radical (unpaired) electrons. The maximum absolute atomic E-state index is 5.62. The quantitative estimate of drug-likeness (QED) is 0.727. The van der Waals surface area contributed by atoms with Crippen LogP contribution in [0.4, 0.5) is 5.13 Å². The zero-order chi connectivity index (χ0) is 12.4. The van der Waals surface area contributed by atoms with Crippen LogP contribution in [-0.4, -0.2) is 4.98 Å². The molecule has 4 heteroatoms. The molecule has 0 aliphatic carbocycles. The van der Waals surface area contributed by atoms with Gasteiger partial charge in [0.1, 0.15) is 0 Å². The number of thiazole rings is 1. The highest BCUT2D eigenvalue weighted by Gasteiger charge is 2.01. The molecule has 0 saturated heterocycles. The van der Waals surface area contributed by atoms with Crippen LogP contribution in [0.3, 0.4) is 0 Å². The lowest BCUT2D eigenvalue weighted by atomic mass is 10.1. The second-order valence-corrected chi connectivity index (χ2v) is 5.91. The molecule has 0 aliphatic rings. The molecular formula is C14H12N2S2. The lowest BCUT2D eigenvalue weighted by Gasteiger charge is -2.02. The van der Waals surface area contributed by atoms with Gasteiger partial charge in [0.25, 0.3) is 0 Å². The summed E-state index contributed by atoms with van der Waals surface area (Å²) in [6, 6.07) is 14.9. The van der Waals surface area contributed by atoms with E-state index in [2.05, 4.69) is 47.4 Å². The Kier molecular flexibility index (Phi) is 3.21. The summed E-state index contributed by atoms with van der Waals surface area (Å²) in [5.41, 5.74) is 6.67. The Hall–Kier alpha value is -1.52. The van der Waals surface area contributed by atoms with E-state index >= 15 is 0 Å². The molecular weight excluding hydrogens is 260 g/mol. The highest BCUT2D eigenvalue weighted by molar-refractivity contribution is 7.98. The molecule has 1 heterocycles. The summed E-state index contributed by atoms with van der Waals surface area (Å²) in [5, 5.41) is 5.22. The minimum absolute atomic E-state index is 0.643. The van der Waals surface area contributed by atoms with Gasteiger partial charge in [0, 0.05) is 16.0 Å². The summed E-state index contributed by atoms with van der Waals surface area (Å²) >= 11 is 3.29. The van der Waals surface area contributed by atoms with Gasteiger partial charge in [0.15, 0.2) is 5.13 Å². The van der Waals surface area contributed by atoms with Crippen LogP contribution in [0.25, 0.3) is 10.8 Å². The number of nitrogens with zero attached hydrogens (tertiary/aromatic N) is 1.